The Morgan fingerprint density at radius 1 is 1.00 bits per heavy atom. The number of nitrogens with one attached hydrogen (secondary N) is 2. The van der Waals surface area contributed by atoms with Gasteiger partial charge in [-0.15, -0.1) is 0 Å². The molecule has 27 heavy (non-hydrogen) atoms. The van der Waals surface area contributed by atoms with Crippen LogP contribution in [0.4, 0.5) is 4.79 Å². The lowest BCUT2D eigenvalue weighted by Gasteiger charge is -2.20. The first-order valence-corrected chi connectivity index (χ1v) is 9.58. The second kappa shape index (κ2) is 11.2. The van der Waals surface area contributed by atoms with Gasteiger partial charge in [-0.05, 0) is 49.9 Å². The van der Waals surface area contributed by atoms with Gasteiger partial charge in [-0.1, -0.05) is 19.3 Å². The number of carbonyl (C=O) groups excluding carboxylic acids is 3. The maximum Gasteiger partial charge on any atom is 0.513 e. The average molecular weight is 376 g/mol. The van der Waals surface area contributed by atoms with Crippen LogP contribution in [0, 0.1) is 5.92 Å². The molecule has 0 saturated heterocycles. The van der Waals surface area contributed by atoms with Gasteiger partial charge in [0.05, 0.1) is 6.61 Å². The van der Waals surface area contributed by atoms with Crippen molar-refractivity contribution >= 4 is 18.0 Å². The highest BCUT2D eigenvalue weighted by atomic mass is 16.7. The van der Waals surface area contributed by atoms with E-state index in [-0.39, 0.29) is 18.4 Å². The minimum absolute atomic E-state index is 0.0524. The van der Waals surface area contributed by atoms with E-state index in [0.717, 1.165) is 12.8 Å². The highest BCUT2D eigenvalue weighted by molar-refractivity contribution is 5.94. The van der Waals surface area contributed by atoms with Crippen molar-refractivity contribution < 1.29 is 23.9 Å². The Kier molecular flexibility index (Phi) is 8.61. The molecule has 1 aliphatic rings. The largest absolute Gasteiger partial charge is 0.513 e. The molecule has 2 amide bonds. The average Bonchev–Trinajstić information content (AvgIpc) is 2.66. The summed E-state index contributed by atoms with van der Waals surface area (Å²) in [6.07, 6.45) is 5.80. The van der Waals surface area contributed by atoms with Crippen molar-refractivity contribution in [2.75, 3.05) is 19.7 Å². The molecule has 2 rings (SSSR count). The maximum atomic E-state index is 12.1. The molecule has 7 heteroatoms. The van der Waals surface area contributed by atoms with Gasteiger partial charge in [-0.3, -0.25) is 9.59 Å². The molecule has 0 heterocycles. The Labute approximate surface area is 159 Å². The lowest BCUT2D eigenvalue weighted by molar-refractivity contribution is -0.122. The topological polar surface area (TPSA) is 93.7 Å². The van der Waals surface area contributed by atoms with E-state index in [1.807, 2.05) is 0 Å². The van der Waals surface area contributed by atoms with E-state index in [0.29, 0.717) is 36.7 Å². The second-order valence-corrected chi connectivity index (χ2v) is 6.62. The number of ether oxygens (including phenoxy) is 2. The zero-order chi connectivity index (χ0) is 19.5. The summed E-state index contributed by atoms with van der Waals surface area (Å²) in [5.74, 6) is 0.611. The molecule has 148 valence electrons. The Morgan fingerprint density at radius 3 is 2.33 bits per heavy atom. The summed E-state index contributed by atoms with van der Waals surface area (Å²) >= 11 is 0. The summed E-state index contributed by atoms with van der Waals surface area (Å²) in [4.78, 5) is 35.2. The van der Waals surface area contributed by atoms with Crippen LogP contribution >= 0.6 is 0 Å². The number of rotatable bonds is 8. The molecule has 0 aromatic heterocycles. The van der Waals surface area contributed by atoms with E-state index in [9.17, 15) is 14.4 Å². The molecule has 1 aromatic carbocycles. The molecule has 0 radical (unpaired) electrons. The van der Waals surface area contributed by atoms with Crippen molar-refractivity contribution in [3.05, 3.63) is 29.8 Å². The molecule has 1 fully saturated rings. The van der Waals surface area contributed by atoms with E-state index in [2.05, 4.69) is 15.4 Å². The summed E-state index contributed by atoms with van der Waals surface area (Å²) in [7, 11) is 0. The van der Waals surface area contributed by atoms with Crippen molar-refractivity contribution in [2.45, 2.75) is 45.4 Å². The molecule has 0 unspecified atom stereocenters. The van der Waals surface area contributed by atoms with Gasteiger partial charge in [0.15, 0.2) is 0 Å². The zero-order valence-electron chi connectivity index (χ0n) is 15.8. The lowest BCUT2D eigenvalue weighted by Crippen LogP contribution is -2.35. The summed E-state index contributed by atoms with van der Waals surface area (Å²) < 4.78 is 9.62. The van der Waals surface area contributed by atoms with Crippen molar-refractivity contribution in [1.29, 1.82) is 0 Å². The predicted octanol–water partition coefficient (Wildman–Crippen LogP) is 3.04. The Morgan fingerprint density at radius 2 is 1.67 bits per heavy atom. The van der Waals surface area contributed by atoms with Gasteiger partial charge >= 0.3 is 6.16 Å². The standard InChI is InChI=1S/C20H28N2O5/c1-2-26-20(25)27-17-10-8-16(9-11-17)19(24)22-13-12-21-18(23)14-15-6-4-3-5-7-15/h8-11,15H,2-7,12-14H2,1H3,(H,21,23)(H,22,24). The minimum atomic E-state index is -0.779. The highest BCUT2D eigenvalue weighted by Gasteiger charge is 2.16. The van der Waals surface area contributed by atoms with Gasteiger partial charge in [0.25, 0.3) is 5.91 Å². The Bertz CT molecular complexity index is 624. The van der Waals surface area contributed by atoms with E-state index in [1.54, 1.807) is 19.1 Å². The molecule has 1 aliphatic carbocycles. The van der Waals surface area contributed by atoms with Gasteiger partial charge in [0, 0.05) is 25.1 Å². The minimum Gasteiger partial charge on any atom is -0.434 e. The number of benzene rings is 1. The fraction of sp³-hybridized carbons (Fsp3) is 0.550. The van der Waals surface area contributed by atoms with Crippen LogP contribution in [-0.2, 0) is 9.53 Å². The van der Waals surface area contributed by atoms with Crippen LogP contribution in [0.25, 0.3) is 0 Å². The molecule has 1 saturated carbocycles. The normalized spacial score (nSPS) is 14.3. The summed E-state index contributed by atoms with van der Waals surface area (Å²) in [5.41, 5.74) is 0.444. The number of amides is 2. The number of carbonyl (C=O) groups is 3. The molecular formula is C20H28N2O5. The number of hydrogen-bond acceptors (Lipinski definition) is 5. The van der Waals surface area contributed by atoms with Crippen LogP contribution in [0.1, 0.15) is 55.8 Å². The van der Waals surface area contributed by atoms with Gasteiger partial charge in [-0.25, -0.2) is 4.79 Å². The molecule has 7 nitrogen and oxygen atoms in total. The third-order valence-corrected chi connectivity index (χ3v) is 4.51. The third-order valence-electron chi connectivity index (χ3n) is 4.51. The van der Waals surface area contributed by atoms with Crippen LogP contribution in [0.15, 0.2) is 24.3 Å². The maximum absolute atomic E-state index is 12.1. The summed E-state index contributed by atoms with van der Waals surface area (Å²) in [5, 5.41) is 5.61. The smallest absolute Gasteiger partial charge is 0.434 e. The third kappa shape index (κ3) is 7.68. The lowest BCUT2D eigenvalue weighted by atomic mass is 9.87. The molecule has 2 N–H and O–H groups in total. The van der Waals surface area contributed by atoms with Crippen molar-refractivity contribution in [3.63, 3.8) is 0 Å². The van der Waals surface area contributed by atoms with E-state index in [4.69, 9.17) is 4.74 Å². The molecule has 1 aromatic rings. The Hall–Kier alpha value is -2.57. The first-order chi connectivity index (χ1) is 13.1. The highest BCUT2D eigenvalue weighted by Crippen LogP contribution is 2.25. The summed E-state index contributed by atoms with van der Waals surface area (Å²) in [6.45, 7) is 2.68. The molecular weight excluding hydrogens is 348 g/mol. The summed E-state index contributed by atoms with van der Waals surface area (Å²) in [6, 6.07) is 6.17. The van der Waals surface area contributed by atoms with Crippen molar-refractivity contribution in [2.24, 2.45) is 5.92 Å². The molecule has 0 bridgehead atoms. The van der Waals surface area contributed by atoms with E-state index in [1.165, 1.54) is 31.4 Å². The fourth-order valence-corrected chi connectivity index (χ4v) is 3.12. The fourth-order valence-electron chi connectivity index (χ4n) is 3.12. The van der Waals surface area contributed by atoms with Crippen LogP contribution in [0.3, 0.4) is 0 Å². The van der Waals surface area contributed by atoms with Gasteiger partial charge in [-0.2, -0.15) is 0 Å². The van der Waals surface area contributed by atoms with E-state index >= 15 is 0 Å². The molecule has 0 spiro atoms. The predicted molar refractivity (Wildman–Crippen MR) is 101 cm³/mol. The van der Waals surface area contributed by atoms with Crippen LogP contribution in [-0.4, -0.2) is 37.7 Å². The van der Waals surface area contributed by atoms with Crippen LogP contribution < -0.4 is 15.4 Å². The van der Waals surface area contributed by atoms with E-state index < -0.39 is 6.16 Å². The first-order valence-electron chi connectivity index (χ1n) is 9.58. The van der Waals surface area contributed by atoms with Gasteiger partial charge in [0.1, 0.15) is 5.75 Å². The molecule has 0 atom stereocenters. The quantitative estimate of drug-likeness (QED) is 0.413. The second-order valence-electron chi connectivity index (χ2n) is 6.62. The molecule has 0 aliphatic heterocycles. The van der Waals surface area contributed by atoms with Crippen LogP contribution in [0.5, 0.6) is 5.75 Å². The van der Waals surface area contributed by atoms with Crippen molar-refractivity contribution in [3.8, 4) is 5.75 Å². The Balaban J connectivity index is 1.64. The monoisotopic (exact) mass is 376 g/mol. The van der Waals surface area contributed by atoms with Crippen molar-refractivity contribution in [1.82, 2.24) is 10.6 Å². The van der Waals surface area contributed by atoms with Gasteiger partial charge < -0.3 is 20.1 Å². The van der Waals surface area contributed by atoms with Crippen LogP contribution in [0.2, 0.25) is 0 Å². The zero-order valence-corrected chi connectivity index (χ0v) is 15.8. The number of hydrogen-bond donors (Lipinski definition) is 2. The SMILES string of the molecule is CCOC(=O)Oc1ccc(C(=O)NCCNC(=O)CC2CCCCC2)cc1. The first kappa shape index (κ1) is 20.7. The van der Waals surface area contributed by atoms with Gasteiger partial charge in [0.2, 0.25) is 5.91 Å².